The van der Waals surface area contributed by atoms with E-state index in [9.17, 15) is 0 Å². The molecule has 0 bridgehead atoms. The van der Waals surface area contributed by atoms with E-state index in [1.807, 2.05) is 6.92 Å². The van der Waals surface area contributed by atoms with Gasteiger partial charge in [-0.3, -0.25) is 16.2 Å². The number of ether oxygens (including phenoxy) is 1. The Bertz CT molecular complexity index is 278. The molecule has 4 heteroatoms. The van der Waals surface area contributed by atoms with Crippen LogP contribution in [0, 0.1) is 11.8 Å². The predicted molar refractivity (Wildman–Crippen MR) is 70.3 cm³/mol. The zero-order valence-corrected chi connectivity index (χ0v) is 11.3. The van der Waals surface area contributed by atoms with Crippen molar-refractivity contribution in [2.24, 2.45) is 5.84 Å². The topological polar surface area (TPSA) is 50.5 Å². The van der Waals surface area contributed by atoms with Gasteiger partial charge < -0.3 is 4.74 Å². The number of rotatable bonds is 5. The number of hydrogen-bond donors (Lipinski definition) is 2. The third-order valence-corrected chi connectivity index (χ3v) is 3.88. The van der Waals surface area contributed by atoms with Gasteiger partial charge in [0, 0.05) is 25.0 Å². The minimum atomic E-state index is 0.0440. The first-order chi connectivity index (χ1) is 8.19. The van der Waals surface area contributed by atoms with E-state index < -0.39 is 0 Å². The average molecular weight is 239 g/mol. The lowest BCUT2D eigenvalue weighted by molar-refractivity contribution is -0.0316. The molecule has 1 rings (SSSR count). The molecule has 17 heavy (non-hydrogen) atoms. The molecule has 0 aliphatic carbocycles. The van der Waals surface area contributed by atoms with Crippen LogP contribution < -0.4 is 11.3 Å². The second kappa shape index (κ2) is 6.97. The van der Waals surface area contributed by atoms with Crippen LogP contribution in [-0.2, 0) is 4.74 Å². The molecule has 1 fully saturated rings. The van der Waals surface area contributed by atoms with Crippen LogP contribution in [-0.4, -0.2) is 42.8 Å². The highest BCUT2D eigenvalue weighted by atomic mass is 16.5. The molecule has 0 saturated carbocycles. The number of nitrogens with two attached hydrogens (primary N) is 1. The Labute approximate surface area is 105 Å². The molecule has 0 aromatic rings. The van der Waals surface area contributed by atoms with Gasteiger partial charge in [0.05, 0.1) is 19.3 Å². The highest BCUT2D eigenvalue weighted by Crippen LogP contribution is 2.26. The van der Waals surface area contributed by atoms with Crippen molar-refractivity contribution in [2.45, 2.75) is 45.2 Å². The van der Waals surface area contributed by atoms with Gasteiger partial charge in [-0.15, -0.1) is 11.8 Å². The Kier molecular flexibility index (Phi) is 5.93. The van der Waals surface area contributed by atoms with Crippen molar-refractivity contribution in [2.75, 3.05) is 26.3 Å². The molecule has 1 heterocycles. The minimum absolute atomic E-state index is 0.0440. The number of hydrogen-bond acceptors (Lipinski definition) is 4. The molecule has 98 valence electrons. The fourth-order valence-corrected chi connectivity index (χ4v) is 2.43. The van der Waals surface area contributed by atoms with Crippen LogP contribution in [0.2, 0.25) is 0 Å². The van der Waals surface area contributed by atoms with Crippen LogP contribution in [0.1, 0.15) is 33.6 Å². The summed E-state index contributed by atoms with van der Waals surface area (Å²) in [6, 6.07) is 0.193. The maximum absolute atomic E-state index is 5.71. The molecule has 1 saturated heterocycles. The lowest BCUT2D eigenvalue weighted by atomic mass is 9.85. The molecule has 0 spiro atoms. The standard InChI is InChI=1S/C13H25N3O/c1-4-6-7-12(15-14)13(3,5-2)16-8-10-17-11-9-16/h12,15H,5,7-11,14H2,1-3H3. The van der Waals surface area contributed by atoms with Gasteiger partial charge in [0.25, 0.3) is 0 Å². The summed E-state index contributed by atoms with van der Waals surface area (Å²) >= 11 is 0. The van der Waals surface area contributed by atoms with Crippen LogP contribution in [0.25, 0.3) is 0 Å². The summed E-state index contributed by atoms with van der Waals surface area (Å²) in [5.74, 6) is 11.8. The number of nitrogens with one attached hydrogen (secondary N) is 1. The van der Waals surface area contributed by atoms with Crippen LogP contribution >= 0.6 is 0 Å². The second-order valence-corrected chi connectivity index (χ2v) is 4.66. The summed E-state index contributed by atoms with van der Waals surface area (Å²) in [6.07, 6.45) is 1.84. The molecule has 0 aromatic heterocycles. The van der Waals surface area contributed by atoms with E-state index in [1.165, 1.54) is 0 Å². The molecular formula is C13H25N3O. The van der Waals surface area contributed by atoms with E-state index in [-0.39, 0.29) is 11.6 Å². The maximum Gasteiger partial charge on any atom is 0.0594 e. The van der Waals surface area contributed by atoms with Crippen molar-refractivity contribution in [1.82, 2.24) is 10.3 Å². The first-order valence-electron chi connectivity index (χ1n) is 6.37. The molecule has 2 atom stereocenters. The van der Waals surface area contributed by atoms with Gasteiger partial charge in [-0.25, -0.2) is 0 Å². The third kappa shape index (κ3) is 3.43. The van der Waals surface area contributed by atoms with E-state index in [0.717, 1.165) is 39.1 Å². The van der Waals surface area contributed by atoms with Crippen molar-refractivity contribution >= 4 is 0 Å². The summed E-state index contributed by atoms with van der Waals surface area (Å²) in [6.45, 7) is 9.91. The maximum atomic E-state index is 5.71. The second-order valence-electron chi connectivity index (χ2n) is 4.66. The summed E-state index contributed by atoms with van der Waals surface area (Å²) in [7, 11) is 0. The van der Waals surface area contributed by atoms with Gasteiger partial charge >= 0.3 is 0 Å². The summed E-state index contributed by atoms with van der Waals surface area (Å²) in [5.41, 5.74) is 2.98. The van der Waals surface area contributed by atoms with Crippen molar-refractivity contribution < 1.29 is 4.74 Å². The molecule has 0 amide bonds. The van der Waals surface area contributed by atoms with Crippen LogP contribution in [0.15, 0.2) is 0 Å². The molecular weight excluding hydrogens is 214 g/mol. The zero-order valence-electron chi connectivity index (χ0n) is 11.3. The van der Waals surface area contributed by atoms with Gasteiger partial charge in [0.2, 0.25) is 0 Å². The molecule has 1 aliphatic rings. The molecule has 2 unspecified atom stereocenters. The smallest absolute Gasteiger partial charge is 0.0594 e. The van der Waals surface area contributed by atoms with Gasteiger partial charge in [0.1, 0.15) is 0 Å². The van der Waals surface area contributed by atoms with Crippen LogP contribution in [0.4, 0.5) is 0 Å². The predicted octanol–water partition coefficient (Wildman–Crippen LogP) is 0.733. The Hall–Kier alpha value is -0.600. The van der Waals surface area contributed by atoms with E-state index >= 15 is 0 Å². The molecule has 0 radical (unpaired) electrons. The number of morpholine rings is 1. The third-order valence-electron chi connectivity index (χ3n) is 3.88. The first-order valence-corrected chi connectivity index (χ1v) is 6.37. The summed E-state index contributed by atoms with van der Waals surface area (Å²) in [5, 5.41) is 0. The van der Waals surface area contributed by atoms with E-state index in [0.29, 0.717) is 0 Å². The monoisotopic (exact) mass is 239 g/mol. The highest BCUT2D eigenvalue weighted by molar-refractivity contribution is 5.05. The van der Waals surface area contributed by atoms with Gasteiger partial charge in [-0.05, 0) is 20.3 Å². The van der Waals surface area contributed by atoms with Crippen LogP contribution in [0.3, 0.4) is 0 Å². The fourth-order valence-electron chi connectivity index (χ4n) is 2.43. The number of hydrazine groups is 1. The van der Waals surface area contributed by atoms with Gasteiger partial charge in [-0.2, -0.15) is 0 Å². The largest absolute Gasteiger partial charge is 0.379 e. The minimum Gasteiger partial charge on any atom is -0.379 e. The van der Waals surface area contributed by atoms with E-state index in [1.54, 1.807) is 0 Å². The van der Waals surface area contributed by atoms with E-state index in [4.69, 9.17) is 10.6 Å². The lowest BCUT2D eigenvalue weighted by Gasteiger charge is -2.47. The zero-order chi connectivity index (χ0) is 12.7. The average Bonchev–Trinajstić information content (AvgIpc) is 2.40. The molecule has 0 aromatic carbocycles. The van der Waals surface area contributed by atoms with Crippen molar-refractivity contribution in [1.29, 1.82) is 0 Å². The van der Waals surface area contributed by atoms with Crippen molar-refractivity contribution in [3.63, 3.8) is 0 Å². The lowest BCUT2D eigenvalue weighted by Crippen LogP contribution is -2.63. The Morgan fingerprint density at radius 3 is 2.59 bits per heavy atom. The Balaban J connectivity index is 2.77. The molecule has 4 nitrogen and oxygen atoms in total. The molecule has 1 aliphatic heterocycles. The summed E-state index contributed by atoms with van der Waals surface area (Å²) in [4.78, 5) is 2.47. The Morgan fingerprint density at radius 1 is 1.47 bits per heavy atom. The Morgan fingerprint density at radius 2 is 2.12 bits per heavy atom. The van der Waals surface area contributed by atoms with Gasteiger partial charge in [-0.1, -0.05) is 6.92 Å². The fraction of sp³-hybridized carbons (Fsp3) is 0.846. The molecule has 3 N–H and O–H groups in total. The highest BCUT2D eigenvalue weighted by Gasteiger charge is 2.37. The van der Waals surface area contributed by atoms with E-state index in [2.05, 4.69) is 36.0 Å². The summed E-state index contributed by atoms with van der Waals surface area (Å²) < 4.78 is 5.41. The SMILES string of the molecule is CC#CCC(NN)C(C)(CC)N1CCOCC1. The number of nitrogens with zero attached hydrogens (tertiary/aromatic N) is 1. The van der Waals surface area contributed by atoms with Crippen molar-refractivity contribution in [3.05, 3.63) is 0 Å². The van der Waals surface area contributed by atoms with Crippen LogP contribution in [0.5, 0.6) is 0 Å². The van der Waals surface area contributed by atoms with Gasteiger partial charge in [0.15, 0.2) is 0 Å². The quantitative estimate of drug-likeness (QED) is 0.422. The van der Waals surface area contributed by atoms with Crippen molar-refractivity contribution in [3.8, 4) is 11.8 Å². The normalized spacial score (nSPS) is 22.4. The first kappa shape index (κ1) is 14.5.